The van der Waals surface area contributed by atoms with Crippen molar-refractivity contribution in [2.45, 2.75) is 33.6 Å². The predicted octanol–water partition coefficient (Wildman–Crippen LogP) is 2.68. The molecule has 1 amide bonds. The van der Waals surface area contributed by atoms with E-state index < -0.39 is 0 Å². The lowest BCUT2D eigenvalue weighted by Gasteiger charge is -2.10. The molecule has 0 aliphatic rings. The second kappa shape index (κ2) is 5.84. The fourth-order valence-electron chi connectivity index (χ4n) is 2.51. The van der Waals surface area contributed by atoms with E-state index in [-0.39, 0.29) is 5.91 Å². The number of anilines is 1. The maximum Gasteiger partial charge on any atom is 0.226 e. The first kappa shape index (κ1) is 14.6. The van der Waals surface area contributed by atoms with E-state index in [0.717, 1.165) is 28.3 Å². The first-order valence-corrected chi connectivity index (χ1v) is 7.94. The van der Waals surface area contributed by atoms with Gasteiger partial charge in [0.15, 0.2) is 10.8 Å². The first-order chi connectivity index (χ1) is 10.5. The molecule has 0 aromatic carbocycles. The highest BCUT2D eigenvalue weighted by atomic mass is 32.1. The molecule has 3 aromatic heterocycles. The van der Waals surface area contributed by atoms with Crippen LogP contribution >= 0.6 is 11.3 Å². The number of hydrogen-bond donors (Lipinski definition) is 1. The number of nitrogens with zero attached hydrogens (tertiary/aromatic N) is 4. The second-order valence-electron chi connectivity index (χ2n) is 5.20. The van der Waals surface area contributed by atoms with Crippen molar-refractivity contribution in [1.82, 2.24) is 19.6 Å². The van der Waals surface area contributed by atoms with E-state index in [2.05, 4.69) is 20.4 Å². The molecule has 0 radical (unpaired) electrons. The molecule has 0 fully saturated rings. The molecule has 6 nitrogen and oxygen atoms in total. The highest BCUT2D eigenvalue weighted by Crippen LogP contribution is 2.17. The molecule has 0 bridgehead atoms. The van der Waals surface area contributed by atoms with Crippen LogP contribution < -0.4 is 5.32 Å². The normalized spacial score (nSPS) is 11.0. The van der Waals surface area contributed by atoms with Gasteiger partial charge in [0.25, 0.3) is 0 Å². The van der Waals surface area contributed by atoms with Crippen molar-refractivity contribution < 1.29 is 4.79 Å². The van der Waals surface area contributed by atoms with Crippen molar-refractivity contribution in [3.05, 3.63) is 40.3 Å². The molecule has 0 saturated heterocycles. The molecule has 0 saturated carbocycles. The zero-order chi connectivity index (χ0) is 15.7. The summed E-state index contributed by atoms with van der Waals surface area (Å²) in [6.45, 7) is 5.94. The highest BCUT2D eigenvalue weighted by Gasteiger charge is 2.13. The van der Waals surface area contributed by atoms with Crippen LogP contribution in [0.15, 0.2) is 17.6 Å². The van der Waals surface area contributed by atoms with Gasteiger partial charge >= 0.3 is 0 Å². The molecule has 1 N–H and O–H groups in total. The van der Waals surface area contributed by atoms with Crippen LogP contribution in [0.4, 0.5) is 5.13 Å². The fourth-order valence-corrected chi connectivity index (χ4v) is 3.05. The summed E-state index contributed by atoms with van der Waals surface area (Å²) in [6.07, 6.45) is 2.71. The van der Waals surface area contributed by atoms with Crippen molar-refractivity contribution >= 4 is 28.0 Å². The van der Waals surface area contributed by atoms with Crippen LogP contribution in [0.5, 0.6) is 0 Å². The van der Waals surface area contributed by atoms with E-state index in [1.54, 1.807) is 6.20 Å². The Morgan fingerprint density at radius 3 is 2.91 bits per heavy atom. The summed E-state index contributed by atoms with van der Waals surface area (Å²) in [5.74, 6) is -0.0366. The summed E-state index contributed by atoms with van der Waals surface area (Å²) >= 11 is 1.41. The molecule has 0 aliphatic carbocycles. The Labute approximate surface area is 132 Å². The van der Waals surface area contributed by atoms with Gasteiger partial charge in [-0.25, -0.2) is 14.5 Å². The number of carbonyl (C=O) groups excluding carboxylic acids is 1. The number of thiazole rings is 1. The average Bonchev–Trinajstić information content (AvgIpc) is 3.07. The zero-order valence-corrected chi connectivity index (χ0v) is 13.6. The van der Waals surface area contributed by atoms with E-state index in [9.17, 15) is 4.79 Å². The van der Waals surface area contributed by atoms with Gasteiger partial charge in [0, 0.05) is 35.5 Å². The number of aromatic nitrogens is 4. The van der Waals surface area contributed by atoms with E-state index in [4.69, 9.17) is 0 Å². The Kier molecular flexibility index (Phi) is 3.89. The van der Waals surface area contributed by atoms with Crippen molar-refractivity contribution in [2.24, 2.45) is 0 Å². The molecule has 22 heavy (non-hydrogen) atoms. The minimum absolute atomic E-state index is 0.0366. The smallest absolute Gasteiger partial charge is 0.226 e. The van der Waals surface area contributed by atoms with Crippen molar-refractivity contribution in [2.75, 3.05) is 5.32 Å². The fraction of sp³-hybridized carbons (Fsp3) is 0.333. The van der Waals surface area contributed by atoms with Gasteiger partial charge in [-0.15, -0.1) is 11.3 Å². The maximum atomic E-state index is 12.0. The predicted molar refractivity (Wildman–Crippen MR) is 86.3 cm³/mol. The van der Waals surface area contributed by atoms with Gasteiger partial charge in [0.2, 0.25) is 5.91 Å². The molecular formula is C15H17N5OS. The van der Waals surface area contributed by atoms with Gasteiger partial charge in [-0.3, -0.25) is 4.79 Å². The molecule has 3 heterocycles. The molecular weight excluding hydrogens is 298 g/mol. The molecule has 0 unspecified atom stereocenters. The number of rotatable bonds is 4. The third-order valence-electron chi connectivity index (χ3n) is 3.57. The van der Waals surface area contributed by atoms with Crippen molar-refractivity contribution in [3.63, 3.8) is 0 Å². The SMILES string of the molecule is Cc1cc2nc(C)c(CCC(=O)Nc3nccs3)c(C)n2n1. The Bertz CT molecular complexity index is 822. The molecule has 3 aromatic rings. The summed E-state index contributed by atoms with van der Waals surface area (Å²) < 4.78 is 1.84. The Balaban J connectivity index is 1.77. The van der Waals surface area contributed by atoms with E-state index in [1.165, 1.54) is 11.3 Å². The van der Waals surface area contributed by atoms with Crippen LogP contribution in [-0.4, -0.2) is 25.5 Å². The van der Waals surface area contributed by atoms with Gasteiger partial charge < -0.3 is 5.32 Å². The summed E-state index contributed by atoms with van der Waals surface area (Å²) in [7, 11) is 0. The number of nitrogens with one attached hydrogen (secondary N) is 1. The van der Waals surface area contributed by atoms with E-state index >= 15 is 0 Å². The van der Waals surface area contributed by atoms with Crippen molar-refractivity contribution in [1.29, 1.82) is 0 Å². The lowest BCUT2D eigenvalue weighted by Crippen LogP contribution is -2.14. The number of fused-ring (bicyclic) bond motifs is 1. The lowest BCUT2D eigenvalue weighted by molar-refractivity contribution is -0.116. The number of amides is 1. The van der Waals surface area contributed by atoms with Gasteiger partial charge in [-0.1, -0.05) is 0 Å². The highest BCUT2D eigenvalue weighted by molar-refractivity contribution is 7.13. The summed E-state index contributed by atoms with van der Waals surface area (Å²) in [5.41, 5.74) is 4.85. The van der Waals surface area contributed by atoms with Crippen LogP contribution in [0.25, 0.3) is 5.65 Å². The van der Waals surface area contributed by atoms with E-state index in [1.807, 2.05) is 36.7 Å². The number of carbonyl (C=O) groups is 1. The minimum atomic E-state index is -0.0366. The minimum Gasteiger partial charge on any atom is -0.302 e. The van der Waals surface area contributed by atoms with E-state index in [0.29, 0.717) is 18.0 Å². The zero-order valence-electron chi connectivity index (χ0n) is 12.8. The van der Waals surface area contributed by atoms with Crippen LogP contribution in [0, 0.1) is 20.8 Å². The number of aryl methyl sites for hydroxylation is 3. The average molecular weight is 315 g/mol. The van der Waals surface area contributed by atoms with Gasteiger partial charge in [-0.05, 0) is 32.8 Å². The molecule has 3 rings (SSSR count). The van der Waals surface area contributed by atoms with Crippen LogP contribution in [0.1, 0.15) is 29.1 Å². The quantitative estimate of drug-likeness (QED) is 0.803. The summed E-state index contributed by atoms with van der Waals surface area (Å²) in [4.78, 5) is 20.6. The monoisotopic (exact) mass is 315 g/mol. The van der Waals surface area contributed by atoms with Crippen molar-refractivity contribution in [3.8, 4) is 0 Å². The number of hydrogen-bond acceptors (Lipinski definition) is 5. The van der Waals surface area contributed by atoms with Crippen LogP contribution in [0.2, 0.25) is 0 Å². The molecule has 0 aliphatic heterocycles. The van der Waals surface area contributed by atoms with Crippen LogP contribution in [0.3, 0.4) is 0 Å². The largest absolute Gasteiger partial charge is 0.302 e. The third kappa shape index (κ3) is 2.85. The van der Waals surface area contributed by atoms with Gasteiger partial charge in [0.1, 0.15) is 0 Å². The Morgan fingerprint density at radius 1 is 1.36 bits per heavy atom. The standard InChI is InChI=1S/C15H17N5OS/c1-9-8-13-17-10(2)12(11(3)20(13)19-9)4-5-14(21)18-15-16-6-7-22-15/h6-8H,4-5H2,1-3H3,(H,16,18,21). The molecule has 0 spiro atoms. The van der Waals surface area contributed by atoms with Crippen LogP contribution in [-0.2, 0) is 11.2 Å². The Hall–Kier alpha value is -2.28. The summed E-state index contributed by atoms with van der Waals surface area (Å²) in [5, 5.41) is 9.71. The topological polar surface area (TPSA) is 72.2 Å². The summed E-state index contributed by atoms with van der Waals surface area (Å²) in [6, 6.07) is 1.96. The second-order valence-corrected chi connectivity index (χ2v) is 6.10. The molecule has 0 atom stereocenters. The lowest BCUT2D eigenvalue weighted by atomic mass is 10.1. The Morgan fingerprint density at radius 2 is 2.18 bits per heavy atom. The molecule has 114 valence electrons. The maximum absolute atomic E-state index is 12.0. The van der Waals surface area contributed by atoms with Gasteiger partial charge in [-0.2, -0.15) is 5.10 Å². The third-order valence-corrected chi connectivity index (χ3v) is 4.26. The first-order valence-electron chi connectivity index (χ1n) is 7.06. The molecule has 7 heteroatoms. The van der Waals surface area contributed by atoms with Gasteiger partial charge in [0.05, 0.1) is 5.69 Å².